The highest BCUT2D eigenvalue weighted by molar-refractivity contribution is 6.30. The summed E-state index contributed by atoms with van der Waals surface area (Å²) in [4.78, 5) is 16.5. The third-order valence-electron chi connectivity index (χ3n) is 4.16. The SMILES string of the molecule is COc1cccc(CN2CCN(C(=O)Cn3cc(Cl)cn3)CC2)c1. The Labute approximate surface area is 146 Å². The number of piperazine rings is 1. The lowest BCUT2D eigenvalue weighted by atomic mass is 10.2. The molecular weight excluding hydrogens is 328 g/mol. The van der Waals surface area contributed by atoms with Gasteiger partial charge in [0.1, 0.15) is 12.3 Å². The molecule has 1 saturated heterocycles. The van der Waals surface area contributed by atoms with Gasteiger partial charge in [-0.25, -0.2) is 0 Å². The molecule has 0 radical (unpaired) electrons. The molecular formula is C17H21ClN4O2. The zero-order valence-electron chi connectivity index (χ0n) is 13.7. The summed E-state index contributed by atoms with van der Waals surface area (Å²) in [7, 11) is 1.68. The molecule has 0 spiro atoms. The van der Waals surface area contributed by atoms with Crippen molar-refractivity contribution in [3.63, 3.8) is 0 Å². The van der Waals surface area contributed by atoms with Crippen molar-refractivity contribution in [1.29, 1.82) is 0 Å². The van der Waals surface area contributed by atoms with E-state index in [1.807, 2.05) is 17.0 Å². The number of benzene rings is 1. The molecule has 0 bridgehead atoms. The molecule has 128 valence electrons. The van der Waals surface area contributed by atoms with E-state index in [0.29, 0.717) is 5.02 Å². The third kappa shape index (κ3) is 4.27. The predicted molar refractivity (Wildman–Crippen MR) is 92.1 cm³/mol. The Morgan fingerprint density at radius 1 is 1.29 bits per heavy atom. The van der Waals surface area contributed by atoms with Crippen LogP contribution in [0, 0.1) is 0 Å². The van der Waals surface area contributed by atoms with Crippen LogP contribution in [0.2, 0.25) is 5.02 Å². The molecule has 0 unspecified atom stereocenters. The number of nitrogens with zero attached hydrogens (tertiary/aromatic N) is 4. The Hall–Kier alpha value is -2.05. The fourth-order valence-electron chi connectivity index (χ4n) is 2.85. The highest BCUT2D eigenvalue weighted by Gasteiger charge is 2.21. The first kappa shape index (κ1) is 16.8. The van der Waals surface area contributed by atoms with Crippen LogP contribution in [-0.2, 0) is 17.9 Å². The monoisotopic (exact) mass is 348 g/mol. The van der Waals surface area contributed by atoms with E-state index < -0.39 is 0 Å². The number of amides is 1. The first-order chi connectivity index (χ1) is 11.6. The van der Waals surface area contributed by atoms with Gasteiger partial charge in [0.25, 0.3) is 0 Å². The molecule has 1 fully saturated rings. The number of hydrogen-bond donors (Lipinski definition) is 0. The van der Waals surface area contributed by atoms with Crippen molar-refractivity contribution in [2.45, 2.75) is 13.1 Å². The van der Waals surface area contributed by atoms with Gasteiger partial charge in [-0.15, -0.1) is 0 Å². The largest absolute Gasteiger partial charge is 0.497 e. The summed E-state index contributed by atoms with van der Waals surface area (Å²) in [6.07, 6.45) is 3.21. The van der Waals surface area contributed by atoms with Gasteiger partial charge >= 0.3 is 0 Å². The van der Waals surface area contributed by atoms with Crippen LogP contribution in [0.4, 0.5) is 0 Å². The lowest BCUT2D eigenvalue weighted by Crippen LogP contribution is -2.49. The number of rotatable bonds is 5. The Morgan fingerprint density at radius 3 is 2.75 bits per heavy atom. The summed E-state index contributed by atoms with van der Waals surface area (Å²) in [6.45, 7) is 4.30. The Kier molecular flexibility index (Phi) is 5.37. The number of hydrogen-bond acceptors (Lipinski definition) is 4. The van der Waals surface area contributed by atoms with Crippen molar-refractivity contribution in [1.82, 2.24) is 19.6 Å². The van der Waals surface area contributed by atoms with E-state index in [2.05, 4.69) is 22.1 Å². The highest BCUT2D eigenvalue weighted by atomic mass is 35.5. The second kappa shape index (κ2) is 7.68. The molecule has 1 aromatic heterocycles. The van der Waals surface area contributed by atoms with Gasteiger partial charge in [0, 0.05) is 38.9 Å². The minimum Gasteiger partial charge on any atom is -0.497 e. The maximum atomic E-state index is 12.3. The molecule has 3 rings (SSSR count). The number of carbonyl (C=O) groups is 1. The van der Waals surface area contributed by atoms with Crippen LogP contribution in [0.1, 0.15) is 5.56 Å². The van der Waals surface area contributed by atoms with Crippen molar-refractivity contribution in [2.24, 2.45) is 0 Å². The second-order valence-corrected chi connectivity index (χ2v) is 6.30. The summed E-state index contributed by atoms with van der Waals surface area (Å²) < 4.78 is 6.84. The molecule has 1 aromatic carbocycles. The fourth-order valence-corrected chi connectivity index (χ4v) is 3.00. The molecule has 0 saturated carbocycles. The van der Waals surface area contributed by atoms with E-state index in [4.69, 9.17) is 16.3 Å². The normalized spacial score (nSPS) is 15.5. The quantitative estimate of drug-likeness (QED) is 0.828. The van der Waals surface area contributed by atoms with Gasteiger partial charge in [0.2, 0.25) is 5.91 Å². The minimum atomic E-state index is 0.0794. The van der Waals surface area contributed by atoms with Crippen molar-refractivity contribution in [2.75, 3.05) is 33.3 Å². The molecule has 1 amide bonds. The van der Waals surface area contributed by atoms with Crippen molar-refractivity contribution in [3.05, 3.63) is 47.2 Å². The highest BCUT2D eigenvalue weighted by Crippen LogP contribution is 2.15. The van der Waals surface area contributed by atoms with Crippen LogP contribution in [0.25, 0.3) is 0 Å². The van der Waals surface area contributed by atoms with E-state index >= 15 is 0 Å². The number of aromatic nitrogens is 2. The number of methoxy groups -OCH3 is 1. The van der Waals surface area contributed by atoms with Crippen molar-refractivity contribution in [3.8, 4) is 5.75 Å². The van der Waals surface area contributed by atoms with Gasteiger partial charge < -0.3 is 9.64 Å². The van der Waals surface area contributed by atoms with Crippen LogP contribution < -0.4 is 4.74 Å². The van der Waals surface area contributed by atoms with E-state index in [0.717, 1.165) is 38.5 Å². The Bertz CT molecular complexity index is 695. The molecule has 0 atom stereocenters. The Balaban J connectivity index is 1.49. The number of carbonyl (C=O) groups excluding carboxylic acids is 1. The van der Waals surface area contributed by atoms with Gasteiger partial charge in [0.05, 0.1) is 18.3 Å². The Morgan fingerprint density at radius 2 is 2.08 bits per heavy atom. The maximum absolute atomic E-state index is 12.3. The smallest absolute Gasteiger partial charge is 0.244 e. The molecule has 0 aliphatic carbocycles. The van der Waals surface area contributed by atoms with Gasteiger partial charge in [-0.1, -0.05) is 23.7 Å². The van der Waals surface area contributed by atoms with Gasteiger partial charge in [-0.3, -0.25) is 14.4 Å². The van der Waals surface area contributed by atoms with Gasteiger partial charge in [0.15, 0.2) is 0 Å². The van der Waals surface area contributed by atoms with Crippen LogP contribution >= 0.6 is 11.6 Å². The van der Waals surface area contributed by atoms with E-state index in [1.165, 1.54) is 5.56 Å². The fraction of sp³-hybridized carbons (Fsp3) is 0.412. The maximum Gasteiger partial charge on any atom is 0.244 e. The third-order valence-corrected chi connectivity index (χ3v) is 4.36. The molecule has 0 N–H and O–H groups in total. The van der Waals surface area contributed by atoms with E-state index in [1.54, 1.807) is 24.2 Å². The summed E-state index contributed by atoms with van der Waals surface area (Å²) in [5, 5.41) is 4.60. The van der Waals surface area contributed by atoms with Gasteiger partial charge in [-0.2, -0.15) is 5.10 Å². The second-order valence-electron chi connectivity index (χ2n) is 5.86. The minimum absolute atomic E-state index is 0.0794. The summed E-state index contributed by atoms with van der Waals surface area (Å²) in [6, 6.07) is 8.10. The van der Waals surface area contributed by atoms with E-state index in [9.17, 15) is 4.79 Å². The van der Waals surface area contributed by atoms with Gasteiger partial charge in [-0.05, 0) is 17.7 Å². The molecule has 6 nitrogen and oxygen atoms in total. The summed E-state index contributed by atoms with van der Waals surface area (Å²) in [5.74, 6) is 0.954. The lowest BCUT2D eigenvalue weighted by molar-refractivity contribution is -0.133. The standard InChI is InChI=1S/C17H21ClN4O2/c1-24-16-4-2-3-14(9-16)11-20-5-7-21(8-6-20)17(23)13-22-12-15(18)10-19-22/h2-4,9-10,12H,5-8,11,13H2,1H3. The van der Waals surface area contributed by atoms with Crippen molar-refractivity contribution >= 4 is 17.5 Å². The summed E-state index contributed by atoms with van der Waals surface area (Å²) in [5.41, 5.74) is 1.22. The van der Waals surface area contributed by atoms with Crippen LogP contribution in [0.15, 0.2) is 36.7 Å². The summed E-state index contributed by atoms with van der Waals surface area (Å²) >= 11 is 5.82. The van der Waals surface area contributed by atoms with Crippen LogP contribution in [0.5, 0.6) is 5.75 Å². The molecule has 7 heteroatoms. The lowest BCUT2D eigenvalue weighted by Gasteiger charge is -2.34. The number of halogens is 1. The van der Waals surface area contributed by atoms with Crippen LogP contribution in [0.3, 0.4) is 0 Å². The average molecular weight is 349 g/mol. The van der Waals surface area contributed by atoms with E-state index in [-0.39, 0.29) is 12.5 Å². The molecule has 24 heavy (non-hydrogen) atoms. The topological polar surface area (TPSA) is 50.6 Å². The number of ether oxygens (including phenoxy) is 1. The molecule has 2 heterocycles. The molecule has 1 aliphatic heterocycles. The first-order valence-corrected chi connectivity index (χ1v) is 8.33. The zero-order chi connectivity index (χ0) is 16.9. The molecule has 1 aliphatic rings. The predicted octanol–water partition coefficient (Wildman–Crippen LogP) is 1.89. The zero-order valence-corrected chi connectivity index (χ0v) is 14.4. The van der Waals surface area contributed by atoms with Crippen LogP contribution in [-0.4, -0.2) is 58.8 Å². The average Bonchev–Trinajstić information content (AvgIpc) is 3.00. The van der Waals surface area contributed by atoms with Crippen molar-refractivity contribution < 1.29 is 9.53 Å². The first-order valence-electron chi connectivity index (χ1n) is 7.95. The molecule has 2 aromatic rings.